The molecule has 0 aromatic heterocycles. The quantitative estimate of drug-likeness (QED) is 0.184. The number of nitrogens with zero attached hydrogens (tertiary/aromatic N) is 3. The summed E-state index contributed by atoms with van der Waals surface area (Å²) in [5, 5.41) is 3.41. The summed E-state index contributed by atoms with van der Waals surface area (Å²) in [6.45, 7) is 6.76. The van der Waals surface area contributed by atoms with Crippen LogP contribution < -0.4 is 5.32 Å². The van der Waals surface area contributed by atoms with Crippen LogP contribution in [-0.2, 0) is 17.8 Å². The Labute approximate surface area is 267 Å². The number of alkyl halides is 4. The number of rotatable bonds is 13. The van der Waals surface area contributed by atoms with Gasteiger partial charge in [0.25, 0.3) is 11.8 Å². The van der Waals surface area contributed by atoms with Crippen LogP contribution in [0.15, 0.2) is 24.3 Å². The van der Waals surface area contributed by atoms with Crippen LogP contribution in [0.4, 0.5) is 22.4 Å². The molecule has 5 rings (SSSR count). The maximum atomic E-state index is 14.4. The summed E-state index contributed by atoms with van der Waals surface area (Å²) in [6.07, 6.45) is 8.70. The fourth-order valence-corrected chi connectivity index (χ4v) is 7.93. The fraction of sp³-hybridized carbons (Fsp3) is 0.800. The lowest BCUT2D eigenvalue weighted by Crippen LogP contribution is -2.52. The third kappa shape index (κ3) is 10.0. The van der Waals surface area contributed by atoms with E-state index in [9.17, 15) is 22.4 Å². The Morgan fingerprint density at radius 2 is 1.67 bits per heavy atom. The minimum absolute atomic E-state index is 0.00409. The van der Waals surface area contributed by atoms with Crippen molar-refractivity contribution < 1.29 is 27.1 Å². The average molecular weight is 639 g/mol. The van der Waals surface area contributed by atoms with Gasteiger partial charge in [0.05, 0.1) is 0 Å². The van der Waals surface area contributed by atoms with Gasteiger partial charge in [-0.15, -0.1) is 0 Å². The predicted molar refractivity (Wildman–Crippen MR) is 169 cm³/mol. The van der Waals surface area contributed by atoms with Crippen molar-refractivity contribution in [3.63, 3.8) is 0 Å². The molecule has 4 fully saturated rings. The molecule has 1 aromatic rings. The van der Waals surface area contributed by atoms with E-state index in [1.807, 2.05) is 12.1 Å². The largest absolute Gasteiger partial charge is 0.445 e. The molecule has 254 valence electrons. The first-order valence-electron chi connectivity index (χ1n) is 17.6. The molecule has 4 aliphatic rings. The Kier molecular flexibility index (Phi) is 12.1. The Balaban J connectivity index is 0.965. The number of nitrogens with one attached hydrogen (secondary N) is 1. The van der Waals surface area contributed by atoms with Gasteiger partial charge >= 0.3 is 6.09 Å². The van der Waals surface area contributed by atoms with Crippen molar-refractivity contribution in [3.05, 3.63) is 35.4 Å². The smallest absolute Gasteiger partial charge is 0.410 e. The van der Waals surface area contributed by atoms with E-state index in [4.69, 9.17) is 4.74 Å². The molecule has 45 heavy (non-hydrogen) atoms. The Morgan fingerprint density at radius 3 is 2.38 bits per heavy atom. The van der Waals surface area contributed by atoms with Crippen LogP contribution in [-0.4, -0.2) is 96.6 Å². The number of halogens is 4. The minimum Gasteiger partial charge on any atom is -0.445 e. The summed E-state index contributed by atoms with van der Waals surface area (Å²) in [6, 6.07) is 8.77. The highest BCUT2D eigenvalue weighted by Gasteiger charge is 2.43. The highest BCUT2D eigenvalue weighted by Crippen LogP contribution is 2.37. The van der Waals surface area contributed by atoms with Gasteiger partial charge in [0.15, 0.2) is 0 Å². The van der Waals surface area contributed by atoms with E-state index in [-0.39, 0.29) is 50.5 Å². The first-order valence-corrected chi connectivity index (χ1v) is 17.6. The number of carbonyl (C=O) groups excluding carboxylic acids is 1. The van der Waals surface area contributed by atoms with Crippen LogP contribution in [0.2, 0.25) is 0 Å². The lowest BCUT2D eigenvalue weighted by molar-refractivity contribution is -0.0908. The Hall–Kier alpha value is -1.91. The van der Waals surface area contributed by atoms with Gasteiger partial charge in [0.1, 0.15) is 6.61 Å². The Bertz CT molecular complexity index is 1060. The molecule has 4 saturated heterocycles. The number of ether oxygens (including phenoxy) is 1. The van der Waals surface area contributed by atoms with E-state index in [2.05, 4.69) is 34.2 Å². The highest BCUT2D eigenvalue weighted by atomic mass is 19.3. The predicted octanol–water partition coefficient (Wildman–Crippen LogP) is 7.11. The molecule has 1 amide bonds. The van der Waals surface area contributed by atoms with Crippen LogP contribution in [0, 0.1) is 5.92 Å². The maximum absolute atomic E-state index is 14.4. The van der Waals surface area contributed by atoms with Gasteiger partial charge in [-0.2, -0.15) is 0 Å². The van der Waals surface area contributed by atoms with Crippen molar-refractivity contribution >= 4 is 6.09 Å². The minimum atomic E-state index is -2.56. The molecule has 3 unspecified atom stereocenters. The molecule has 4 heterocycles. The van der Waals surface area contributed by atoms with E-state index in [0.29, 0.717) is 44.7 Å². The second kappa shape index (κ2) is 15.8. The number of benzene rings is 1. The second-order valence-electron chi connectivity index (χ2n) is 14.1. The number of piperidine rings is 2. The average Bonchev–Trinajstić information content (AvgIpc) is 3.73. The lowest BCUT2D eigenvalue weighted by Gasteiger charge is -2.43. The molecule has 1 N–H and O–H groups in total. The molecule has 1 aromatic carbocycles. The molecule has 10 heteroatoms. The van der Waals surface area contributed by atoms with Crippen molar-refractivity contribution in [2.75, 3.05) is 45.8 Å². The van der Waals surface area contributed by atoms with Crippen molar-refractivity contribution in [1.29, 1.82) is 0 Å². The molecule has 0 saturated carbocycles. The Morgan fingerprint density at radius 1 is 0.933 bits per heavy atom. The number of carbonyl (C=O) groups is 1. The van der Waals surface area contributed by atoms with Gasteiger partial charge in [-0.25, -0.2) is 22.4 Å². The van der Waals surface area contributed by atoms with Gasteiger partial charge in [-0.3, -0.25) is 9.80 Å². The first-order chi connectivity index (χ1) is 21.6. The van der Waals surface area contributed by atoms with E-state index in [0.717, 1.165) is 76.4 Å². The molecular formula is C35H54F4N4O2. The molecule has 0 bridgehead atoms. The molecular weight excluding hydrogens is 584 g/mol. The zero-order valence-corrected chi connectivity index (χ0v) is 27.1. The number of aryl methyl sites for hydroxylation is 1. The number of amides is 1. The van der Waals surface area contributed by atoms with Gasteiger partial charge in [-0.05, 0) is 55.7 Å². The summed E-state index contributed by atoms with van der Waals surface area (Å²) in [5.41, 5.74) is 2.21. The number of likely N-dealkylation sites (tertiary alicyclic amines) is 3. The second-order valence-corrected chi connectivity index (χ2v) is 14.1. The van der Waals surface area contributed by atoms with Crippen LogP contribution in [0.25, 0.3) is 0 Å². The summed E-state index contributed by atoms with van der Waals surface area (Å²) in [5.74, 6) is -4.59. The molecule has 0 spiro atoms. The van der Waals surface area contributed by atoms with E-state index < -0.39 is 11.8 Å². The van der Waals surface area contributed by atoms with Crippen molar-refractivity contribution in [2.24, 2.45) is 5.92 Å². The van der Waals surface area contributed by atoms with Crippen molar-refractivity contribution in [1.82, 2.24) is 20.0 Å². The zero-order chi connectivity index (χ0) is 31.9. The summed E-state index contributed by atoms with van der Waals surface area (Å²) >= 11 is 0. The summed E-state index contributed by atoms with van der Waals surface area (Å²) in [4.78, 5) is 18.8. The van der Waals surface area contributed by atoms with Gasteiger partial charge < -0.3 is 15.0 Å². The van der Waals surface area contributed by atoms with Crippen LogP contribution >= 0.6 is 0 Å². The topological polar surface area (TPSA) is 48.1 Å². The van der Waals surface area contributed by atoms with Crippen LogP contribution in [0.1, 0.15) is 95.1 Å². The van der Waals surface area contributed by atoms with Gasteiger partial charge in [0.2, 0.25) is 0 Å². The molecule has 4 aliphatic heterocycles. The fourth-order valence-electron chi connectivity index (χ4n) is 7.93. The SMILES string of the molecule is CCC(CCCCCc1ccc(COC(=O)N2CC[C@@H](N3CCC(F)(F)CC3)C2)cc1)CC1CC(F)(F)CCN1C1CCNC1. The number of unbranched alkanes of at least 4 members (excludes halogenated alkanes) is 2. The monoisotopic (exact) mass is 638 g/mol. The zero-order valence-electron chi connectivity index (χ0n) is 27.1. The van der Waals surface area contributed by atoms with Gasteiger partial charge in [0, 0.05) is 83.1 Å². The number of hydrogen-bond acceptors (Lipinski definition) is 5. The highest BCUT2D eigenvalue weighted by molar-refractivity contribution is 5.68. The maximum Gasteiger partial charge on any atom is 0.410 e. The van der Waals surface area contributed by atoms with Crippen LogP contribution in [0.3, 0.4) is 0 Å². The summed E-state index contributed by atoms with van der Waals surface area (Å²) in [7, 11) is 0. The lowest BCUT2D eigenvalue weighted by atomic mass is 9.85. The van der Waals surface area contributed by atoms with Crippen LogP contribution in [0.5, 0.6) is 0 Å². The van der Waals surface area contributed by atoms with E-state index in [1.165, 1.54) is 5.56 Å². The van der Waals surface area contributed by atoms with Crippen molar-refractivity contribution in [2.45, 2.75) is 127 Å². The van der Waals surface area contributed by atoms with E-state index in [1.54, 1.807) is 4.90 Å². The normalized spacial score (nSPS) is 27.9. The molecule has 4 atom stereocenters. The van der Waals surface area contributed by atoms with Crippen molar-refractivity contribution in [3.8, 4) is 0 Å². The third-order valence-corrected chi connectivity index (χ3v) is 10.9. The van der Waals surface area contributed by atoms with Gasteiger partial charge in [-0.1, -0.05) is 56.9 Å². The third-order valence-electron chi connectivity index (χ3n) is 10.9. The standard InChI is InChI=1S/C35H54F4N4O2/c1-2-27(22-32-23-35(38,39)16-21-43(32)30-12-17-40-24-30)6-4-3-5-7-28-8-10-29(11-9-28)26-45-33(44)42-18-13-31(25-42)41-19-14-34(36,37)15-20-41/h8-11,27,30-32,40H,2-7,12-26H2,1H3/t27?,30?,31-,32?/m1/s1. The summed E-state index contributed by atoms with van der Waals surface area (Å²) < 4.78 is 61.3. The van der Waals surface area contributed by atoms with E-state index >= 15 is 0 Å². The molecule has 6 nitrogen and oxygen atoms in total. The molecule has 0 radical (unpaired) electrons. The number of hydrogen-bond donors (Lipinski definition) is 1. The first kappa shape index (κ1) is 34.4. The molecule has 0 aliphatic carbocycles.